The third-order valence-corrected chi connectivity index (χ3v) is 6.14. The summed E-state index contributed by atoms with van der Waals surface area (Å²) in [4.78, 5) is 24.5. The van der Waals surface area contributed by atoms with Crippen LogP contribution < -0.4 is 4.31 Å². The van der Waals surface area contributed by atoms with Crippen LogP contribution in [0.4, 0.5) is 10.1 Å². The molecule has 1 fully saturated rings. The lowest BCUT2D eigenvalue weighted by atomic mass is 10.1. The number of hydrogen-bond acceptors (Lipinski definition) is 5. The average Bonchev–Trinajstić information content (AvgIpc) is 3.01. The quantitative estimate of drug-likeness (QED) is 0.578. The predicted molar refractivity (Wildman–Crippen MR) is 97.8 cm³/mol. The molecule has 0 bridgehead atoms. The maximum atomic E-state index is 12.9. The number of ether oxygens (including phenoxy) is 1. The van der Waals surface area contributed by atoms with Crippen LogP contribution in [0, 0.1) is 5.82 Å². The minimum atomic E-state index is -3.29. The molecule has 142 valence electrons. The maximum absolute atomic E-state index is 12.9. The molecule has 2 aromatic rings. The summed E-state index contributed by atoms with van der Waals surface area (Å²) < 4.78 is 43.3. The second-order valence-corrected chi connectivity index (χ2v) is 8.22. The van der Waals surface area contributed by atoms with Crippen LogP contribution in [0.3, 0.4) is 0 Å². The summed E-state index contributed by atoms with van der Waals surface area (Å²) in [5, 5.41) is 0. The summed E-state index contributed by atoms with van der Waals surface area (Å²) >= 11 is 0. The topological polar surface area (TPSA) is 80.8 Å². The molecule has 1 aliphatic heterocycles. The molecule has 0 aliphatic carbocycles. The largest absolute Gasteiger partial charge is 0.451 e. The van der Waals surface area contributed by atoms with Gasteiger partial charge in [-0.2, -0.15) is 0 Å². The van der Waals surface area contributed by atoms with E-state index in [1.807, 2.05) is 0 Å². The van der Waals surface area contributed by atoms with E-state index in [4.69, 9.17) is 4.74 Å². The van der Waals surface area contributed by atoms with Gasteiger partial charge in [-0.15, -0.1) is 0 Å². The zero-order chi connectivity index (χ0) is 19.6. The molecule has 0 saturated carbocycles. The summed E-state index contributed by atoms with van der Waals surface area (Å²) in [6.07, 6.45) is -0.476. The Kier molecular flexibility index (Phi) is 5.27. The van der Waals surface area contributed by atoms with E-state index in [0.29, 0.717) is 18.7 Å². The molecule has 0 N–H and O–H groups in total. The van der Waals surface area contributed by atoms with Crippen LogP contribution in [0.2, 0.25) is 0 Å². The molecule has 6 nitrogen and oxygen atoms in total. The number of halogens is 1. The molecule has 0 radical (unpaired) electrons. The van der Waals surface area contributed by atoms with Crippen molar-refractivity contribution in [1.29, 1.82) is 0 Å². The Morgan fingerprint density at radius 2 is 1.63 bits per heavy atom. The van der Waals surface area contributed by atoms with Crippen molar-refractivity contribution in [2.45, 2.75) is 19.4 Å². The van der Waals surface area contributed by atoms with Crippen molar-refractivity contribution in [1.82, 2.24) is 0 Å². The average molecular weight is 391 g/mol. The zero-order valence-electron chi connectivity index (χ0n) is 14.6. The van der Waals surface area contributed by atoms with Gasteiger partial charge in [-0.1, -0.05) is 0 Å². The lowest BCUT2D eigenvalue weighted by Crippen LogP contribution is -2.25. The molecule has 0 amide bonds. The fourth-order valence-corrected chi connectivity index (χ4v) is 4.39. The smallest absolute Gasteiger partial charge is 0.338 e. The van der Waals surface area contributed by atoms with E-state index in [1.54, 1.807) is 0 Å². The number of esters is 1. The summed E-state index contributed by atoms with van der Waals surface area (Å²) in [6.45, 7) is 1.85. The van der Waals surface area contributed by atoms with E-state index in [-0.39, 0.29) is 16.9 Å². The first-order valence-electron chi connectivity index (χ1n) is 8.39. The highest BCUT2D eigenvalue weighted by Gasteiger charge is 2.28. The molecule has 3 rings (SSSR count). The Morgan fingerprint density at radius 1 is 1.04 bits per heavy atom. The number of benzene rings is 2. The SMILES string of the molecule is C[C@H](OC(=O)c1ccc(N2CCCS2(=O)=O)cc1)C(=O)c1ccc(F)cc1. The van der Waals surface area contributed by atoms with Gasteiger partial charge in [0.05, 0.1) is 17.0 Å². The van der Waals surface area contributed by atoms with E-state index in [2.05, 4.69) is 0 Å². The first kappa shape index (κ1) is 19.0. The van der Waals surface area contributed by atoms with Crippen molar-refractivity contribution in [2.75, 3.05) is 16.6 Å². The number of carbonyl (C=O) groups excluding carboxylic acids is 2. The third kappa shape index (κ3) is 4.16. The number of sulfonamides is 1. The van der Waals surface area contributed by atoms with Gasteiger partial charge in [-0.25, -0.2) is 17.6 Å². The minimum Gasteiger partial charge on any atom is -0.451 e. The lowest BCUT2D eigenvalue weighted by Gasteiger charge is -2.17. The van der Waals surface area contributed by atoms with Gasteiger partial charge in [-0.3, -0.25) is 9.10 Å². The fourth-order valence-electron chi connectivity index (χ4n) is 2.82. The molecule has 1 heterocycles. The second kappa shape index (κ2) is 7.48. The summed E-state index contributed by atoms with van der Waals surface area (Å²) in [5.74, 6) is -1.49. The first-order valence-corrected chi connectivity index (χ1v) is 10.00. The number of rotatable bonds is 5. The van der Waals surface area contributed by atoms with E-state index in [0.717, 1.165) is 12.1 Å². The Balaban J connectivity index is 1.67. The Morgan fingerprint density at radius 3 is 2.19 bits per heavy atom. The molecule has 0 unspecified atom stereocenters. The number of nitrogens with zero attached hydrogens (tertiary/aromatic N) is 1. The van der Waals surface area contributed by atoms with Gasteiger partial charge in [0.25, 0.3) is 0 Å². The Labute approximate surface area is 156 Å². The summed E-state index contributed by atoms with van der Waals surface area (Å²) in [7, 11) is -3.29. The molecule has 2 aromatic carbocycles. The van der Waals surface area contributed by atoms with Crippen molar-refractivity contribution in [3.8, 4) is 0 Å². The minimum absolute atomic E-state index is 0.111. The van der Waals surface area contributed by atoms with Gasteiger partial charge < -0.3 is 4.74 Å². The number of carbonyl (C=O) groups is 2. The van der Waals surface area contributed by atoms with Gasteiger partial charge in [0, 0.05) is 12.1 Å². The number of anilines is 1. The van der Waals surface area contributed by atoms with E-state index >= 15 is 0 Å². The van der Waals surface area contributed by atoms with Crippen molar-refractivity contribution in [2.24, 2.45) is 0 Å². The van der Waals surface area contributed by atoms with Gasteiger partial charge in [0.15, 0.2) is 6.10 Å². The van der Waals surface area contributed by atoms with Crippen molar-refractivity contribution >= 4 is 27.5 Å². The standard InChI is InChI=1S/C19H18FNO5S/c1-13(18(22)14-3-7-16(20)8-4-14)26-19(23)15-5-9-17(10-6-15)21-11-2-12-27(21,24)25/h3-10,13H,2,11-12H2,1H3/t13-/m0/s1. The van der Waals surface area contributed by atoms with E-state index in [9.17, 15) is 22.4 Å². The molecule has 1 aliphatic rings. The normalized spacial score (nSPS) is 16.7. The van der Waals surface area contributed by atoms with Gasteiger partial charge in [0.2, 0.25) is 15.8 Å². The summed E-state index contributed by atoms with van der Waals surface area (Å²) in [6, 6.07) is 11.0. The second-order valence-electron chi connectivity index (χ2n) is 6.21. The Bertz CT molecular complexity index is 955. The van der Waals surface area contributed by atoms with Crippen LogP contribution in [-0.2, 0) is 14.8 Å². The van der Waals surface area contributed by atoms with Crippen molar-refractivity contribution in [3.05, 3.63) is 65.5 Å². The molecule has 0 spiro atoms. The van der Waals surface area contributed by atoms with E-state index in [1.165, 1.54) is 47.6 Å². The highest BCUT2D eigenvalue weighted by Crippen LogP contribution is 2.24. The fraction of sp³-hybridized carbons (Fsp3) is 0.263. The molecule has 8 heteroatoms. The molecular formula is C19H18FNO5S. The highest BCUT2D eigenvalue weighted by atomic mass is 32.2. The number of ketones is 1. The van der Waals surface area contributed by atoms with Gasteiger partial charge in [-0.05, 0) is 61.9 Å². The lowest BCUT2D eigenvalue weighted by molar-refractivity contribution is 0.0319. The first-order chi connectivity index (χ1) is 12.8. The monoisotopic (exact) mass is 391 g/mol. The van der Waals surface area contributed by atoms with Gasteiger partial charge >= 0.3 is 5.97 Å². The van der Waals surface area contributed by atoms with E-state index < -0.39 is 33.7 Å². The molecule has 1 atom stereocenters. The van der Waals surface area contributed by atoms with Crippen LogP contribution in [0.25, 0.3) is 0 Å². The number of hydrogen-bond donors (Lipinski definition) is 0. The van der Waals surface area contributed by atoms with Crippen LogP contribution >= 0.6 is 0 Å². The molecular weight excluding hydrogens is 373 g/mol. The molecule has 1 saturated heterocycles. The van der Waals surface area contributed by atoms with Crippen LogP contribution in [0.1, 0.15) is 34.1 Å². The highest BCUT2D eigenvalue weighted by molar-refractivity contribution is 7.93. The third-order valence-electron chi connectivity index (χ3n) is 4.27. The zero-order valence-corrected chi connectivity index (χ0v) is 15.4. The summed E-state index contributed by atoms with van der Waals surface area (Å²) in [5.41, 5.74) is 0.930. The van der Waals surface area contributed by atoms with Crippen molar-refractivity contribution in [3.63, 3.8) is 0 Å². The van der Waals surface area contributed by atoms with Crippen LogP contribution in [0.5, 0.6) is 0 Å². The van der Waals surface area contributed by atoms with Crippen LogP contribution in [0.15, 0.2) is 48.5 Å². The number of Topliss-reactive ketones (excluding diaryl/α,β-unsaturated/α-hetero) is 1. The van der Waals surface area contributed by atoms with Crippen molar-refractivity contribution < 1.29 is 27.1 Å². The predicted octanol–water partition coefficient (Wildman–Crippen LogP) is 2.79. The maximum Gasteiger partial charge on any atom is 0.338 e. The molecule has 0 aromatic heterocycles. The van der Waals surface area contributed by atoms with Gasteiger partial charge in [0.1, 0.15) is 5.82 Å². The Hall–Kier alpha value is -2.74. The van der Waals surface area contributed by atoms with Crippen LogP contribution in [-0.4, -0.2) is 38.6 Å². The molecule has 27 heavy (non-hydrogen) atoms.